The van der Waals surface area contributed by atoms with Gasteiger partial charge in [0.05, 0.1) is 5.60 Å². The first-order valence-corrected chi connectivity index (χ1v) is 8.53. The SMILES string of the molecule is CCCCC(CC)CC(NCCC)C1(C)CCCO1. The van der Waals surface area contributed by atoms with Crippen LogP contribution in [0.2, 0.25) is 0 Å². The summed E-state index contributed by atoms with van der Waals surface area (Å²) in [6.07, 6.45) is 10.3. The Balaban J connectivity index is 2.56. The smallest absolute Gasteiger partial charge is 0.0807 e. The minimum atomic E-state index is 0.0782. The van der Waals surface area contributed by atoms with Gasteiger partial charge in [-0.15, -0.1) is 0 Å². The van der Waals surface area contributed by atoms with Crippen LogP contribution in [0.15, 0.2) is 0 Å². The Morgan fingerprint density at radius 2 is 2.00 bits per heavy atom. The standard InChI is InChI=1S/C17H35NO/c1-5-8-10-15(7-3)14-16(18-12-6-2)17(4)11-9-13-19-17/h15-16,18H,5-14H2,1-4H3. The van der Waals surface area contributed by atoms with Crippen LogP contribution in [0.1, 0.15) is 79.1 Å². The molecule has 2 nitrogen and oxygen atoms in total. The van der Waals surface area contributed by atoms with Gasteiger partial charge in [-0.25, -0.2) is 0 Å². The zero-order valence-electron chi connectivity index (χ0n) is 13.6. The number of hydrogen-bond acceptors (Lipinski definition) is 2. The van der Waals surface area contributed by atoms with Crippen molar-refractivity contribution >= 4 is 0 Å². The highest BCUT2D eigenvalue weighted by molar-refractivity contribution is 4.93. The van der Waals surface area contributed by atoms with E-state index in [4.69, 9.17) is 4.74 Å². The van der Waals surface area contributed by atoms with E-state index in [1.54, 1.807) is 0 Å². The van der Waals surface area contributed by atoms with Gasteiger partial charge in [-0.3, -0.25) is 0 Å². The Bertz CT molecular complexity index is 223. The van der Waals surface area contributed by atoms with Gasteiger partial charge in [0.1, 0.15) is 0 Å². The first-order chi connectivity index (χ1) is 9.16. The molecule has 1 aliphatic rings. The van der Waals surface area contributed by atoms with Crippen molar-refractivity contribution in [2.75, 3.05) is 13.2 Å². The van der Waals surface area contributed by atoms with Gasteiger partial charge >= 0.3 is 0 Å². The molecule has 19 heavy (non-hydrogen) atoms. The average molecular weight is 269 g/mol. The van der Waals surface area contributed by atoms with Gasteiger partial charge in [0.25, 0.3) is 0 Å². The van der Waals surface area contributed by atoms with E-state index in [1.165, 1.54) is 51.4 Å². The zero-order valence-corrected chi connectivity index (χ0v) is 13.6. The van der Waals surface area contributed by atoms with Crippen LogP contribution in [0, 0.1) is 5.92 Å². The molecule has 0 aromatic heterocycles. The highest BCUT2D eigenvalue weighted by Crippen LogP contribution is 2.33. The summed E-state index contributed by atoms with van der Waals surface area (Å²) in [5.41, 5.74) is 0.0782. The molecule has 3 atom stereocenters. The van der Waals surface area contributed by atoms with Gasteiger partial charge in [-0.05, 0) is 45.1 Å². The number of rotatable bonds is 10. The lowest BCUT2D eigenvalue weighted by Crippen LogP contribution is -2.49. The molecule has 1 rings (SSSR count). The Morgan fingerprint density at radius 1 is 1.21 bits per heavy atom. The van der Waals surface area contributed by atoms with Crippen molar-refractivity contribution in [1.82, 2.24) is 5.32 Å². The van der Waals surface area contributed by atoms with Crippen molar-refractivity contribution in [3.05, 3.63) is 0 Å². The lowest BCUT2D eigenvalue weighted by atomic mass is 9.83. The monoisotopic (exact) mass is 269 g/mol. The molecule has 0 bridgehead atoms. The predicted molar refractivity (Wildman–Crippen MR) is 83.6 cm³/mol. The first kappa shape index (κ1) is 17.0. The summed E-state index contributed by atoms with van der Waals surface area (Å²) in [5, 5.41) is 3.77. The number of nitrogens with one attached hydrogen (secondary N) is 1. The maximum absolute atomic E-state index is 6.09. The molecule has 0 saturated carbocycles. The predicted octanol–water partition coefficient (Wildman–Crippen LogP) is 4.53. The van der Waals surface area contributed by atoms with Crippen molar-refractivity contribution in [2.24, 2.45) is 5.92 Å². The molecule has 0 aromatic carbocycles. The fourth-order valence-corrected chi connectivity index (χ4v) is 3.26. The average Bonchev–Trinajstić information content (AvgIpc) is 2.86. The van der Waals surface area contributed by atoms with Crippen LogP contribution in [-0.4, -0.2) is 24.8 Å². The second-order valence-electron chi connectivity index (χ2n) is 6.42. The van der Waals surface area contributed by atoms with E-state index in [-0.39, 0.29) is 5.60 Å². The summed E-state index contributed by atoms with van der Waals surface area (Å²) in [7, 11) is 0. The van der Waals surface area contributed by atoms with Crippen LogP contribution in [0.5, 0.6) is 0 Å². The van der Waals surface area contributed by atoms with E-state index in [0.29, 0.717) is 6.04 Å². The van der Waals surface area contributed by atoms with Crippen LogP contribution in [0.4, 0.5) is 0 Å². The molecular weight excluding hydrogens is 234 g/mol. The Hall–Kier alpha value is -0.0800. The van der Waals surface area contributed by atoms with E-state index in [0.717, 1.165) is 19.1 Å². The molecule has 0 aromatic rings. The zero-order chi connectivity index (χ0) is 14.1. The molecule has 3 unspecified atom stereocenters. The fraction of sp³-hybridized carbons (Fsp3) is 1.00. The lowest BCUT2D eigenvalue weighted by Gasteiger charge is -2.36. The molecule has 1 N–H and O–H groups in total. The first-order valence-electron chi connectivity index (χ1n) is 8.53. The molecule has 0 radical (unpaired) electrons. The van der Waals surface area contributed by atoms with Crippen molar-refractivity contribution in [1.29, 1.82) is 0 Å². The molecular formula is C17H35NO. The number of ether oxygens (including phenoxy) is 1. The molecule has 1 aliphatic heterocycles. The Kier molecular flexibility index (Phi) is 8.01. The van der Waals surface area contributed by atoms with Crippen LogP contribution in [-0.2, 0) is 4.74 Å². The molecule has 1 saturated heterocycles. The second-order valence-corrected chi connectivity index (χ2v) is 6.42. The maximum atomic E-state index is 6.09. The van der Waals surface area contributed by atoms with Crippen molar-refractivity contribution in [3.63, 3.8) is 0 Å². The highest BCUT2D eigenvalue weighted by Gasteiger charge is 2.38. The van der Waals surface area contributed by atoms with Gasteiger partial charge in [-0.2, -0.15) is 0 Å². The van der Waals surface area contributed by atoms with Gasteiger partial charge in [0.2, 0.25) is 0 Å². The molecule has 2 heteroatoms. The lowest BCUT2D eigenvalue weighted by molar-refractivity contribution is -0.0186. The second kappa shape index (κ2) is 8.97. The van der Waals surface area contributed by atoms with Crippen LogP contribution in [0.25, 0.3) is 0 Å². The maximum Gasteiger partial charge on any atom is 0.0807 e. The number of hydrogen-bond donors (Lipinski definition) is 1. The summed E-state index contributed by atoms with van der Waals surface area (Å²) in [6, 6.07) is 0.539. The largest absolute Gasteiger partial charge is 0.374 e. The van der Waals surface area contributed by atoms with E-state index >= 15 is 0 Å². The number of unbranched alkanes of at least 4 members (excludes halogenated alkanes) is 1. The van der Waals surface area contributed by atoms with Crippen molar-refractivity contribution < 1.29 is 4.74 Å². The van der Waals surface area contributed by atoms with Gasteiger partial charge < -0.3 is 10.1 Å². The van der Waals surface area contributed by atoms with Gasteiger partial charge in [0, 0.05) is 12.6 Å². The van der Waals surface area contributed by atoms with E-state index in [1.807, 2.05) is 0 Å². The Morgan fingerprint density at radius 3 is 2.53 bits per heavy atom. The van der Waals surface area contributed by atoms with Crippen LogP contribution in [0.3, 0.4) is 0 Å². The van der Waals surface area contributed by atoms with Gasteiger partial charge in [-0.1, -0.05) is 46.5 Å². The molecule has 1 fully saturated rings. The third-order valence-corrected chi connectivity index (χ3v) is 4.74. The third kappa shape index (κ3) is 5.43. The molecule has 0 aliphatic carbocycles. The summed E-state index contributed by atoms with van der Waals surface area (Å²) in [5.74, 6) is 0.857. The minimum Gasteiger partial charge on any atom is -0.374 e. The third-order valence-electron chi connectivity index (χ3n) is 4.74. The molecule has 0 spiro atoms. The molecule has 0 amide bonds. The van der Waals surface area contributed by atoms with Crippen molar-refractivity contribution in [3.8, 4) is 0 Å². The highest BCUT2D eigenvalue weighted by atomic mass is 16.5. The van der Waals surface area contributed by atoms with E-state index in [2.05, 4.69) is 33.0 Å². The van der Waals surface area contributed by atoms with Crippen LogP contribution < -0.4 is 5.32 Å². The quantitative estimate of drug-likeness (QED) is 0.629. The summed E-state index contributed by atoms with van der Waals surface area (Å²) in [6.45, 7) is 11.3. The van der Waals surface area contributed by atoms with Crippen molar-refractivity contribution in [2.45, 2.75) is 90.7 Å². The van der Waals surface area contributed by atoms with Crippen LogP contribution >= 0.6 is 0 Å². The molecule has 1 heterocycles. The topological polar surface area (TPSA) is 21.3 Å². The minimum absolute atomic E-state index is 0.0782. The molecule has 114 valence electrons. The Labute approximate surface area is 120 Å². The van der Waals surface area contributed by atoms with E-state index in [9.17, 15) is 0 Å². The normalized spacial score (nSPS) is 26.5. The summed E-state index contributed by atoms with van der Waals surface area (Å²) >= 11 is 0. The van der Waals surface area contributed by atoms with E-state index < -0.39 is 0 Å². The van der Waals surface area contributed by atoms with Gasteiger partial charge in [0.15, 0.2) is 0 Å². The summed E-state index contributed by atoms with van der Waals surface area (Å²) in [4.78, 5) is 0. The fourth-order valence-electron chi connectivity index (χ4n) is 3.26. The summed E-state index contributed by atoms with van der Waals surface area (Å²) < 4.78 is 6.09.